The Morgan fingerprint density at radius 1 is 1.13 bits per heavy atom. The van der Waals surface area contributed by atoms with Crippen LogP contribution in [0.1, 0.15) is 58.2 Å². The van der Waals surface area contributed by atoms with Gasteiger partial charge in [-0.2, -0.15) is 9.57 Å². The molecule has 0 radical (unpaired) electrons. The van der Waals surface area contributed by atoms with Gasteiger partial charge in [-0.25, -0.2) is 0 Å². The minimum atomic E-state index is -3.26. The third-order valence-corrected chi connectivity index (χ3v) is 9.27. The molecule has 1 aliphatic rings. The number of rotatable bonds is 7. The number of aryl methyl sites for hydroxylation is 2. The SMILES string of the molecule is COc1ccc2c(c1)CC(C)CN(Cc1cc(C(CC(=O)O)c3ccc(C#N)cc3C)ccc1C)S2(O)O. The fourth-order valence-electron chi connectivity index (χ4n) is 5.28. The lowest BCUT2D eigenvalue weighted by Crippen LogP contribution is -2.30. The Morgan fingerprint density at radius 2 is 1.89 bits per heavy atom. The lowest BCUT2D eigenvalue weighted by atomic mass is 9.84. The molecule has 2 unspecified atom stereocenters. The standard InChI is InChI=1S/C30H34N2O5S/c1-19-11-24-14-26(37-4)8-10-29(24)38(35,36)32(17-19)18-25-13-23(7-5-20(25)2)28(15-30(33)34)27-9-6-22(16-31)12-21(27)3/h5-10,12-14,19,28,35-36H,11,15,17-18H2,1-4H3,(H,33,34). The van der Waals surface area contributed by atoms with Crippen molar-refractivity contribution in [2.75, 3.05) is 13.7 Å². The molecular weight excluding hydrogens is 500 g/mol. The van der Waals surface area contributed by atoms with Gasteiger partial charge in [-0.15, -0.1) is 10.8 Å². The van der Waals surface area contributed by atoms with Crippen LogP contribution in [0.2, 0.25) is 0 Å². The Bertz CT molecular complexity index is 1400. The molecule has 3 N–H and O–H groups in total. The summed E-state index contributed by atoms with van der Waals surface area (Å²) in [5, 5.41) is 19.0. The molecule has 0 saturated carbocycles. The lowest BCUT2D eigenvalue weighted by molar-refractivity contribution is -0.137. The van der Waals surface area contributed by atoms with Crippen LogP contribution < -0.4 is 4.74 Å². The molecule has 3 aromatic rings. The van der Waals surface area contributed by atoms with E-state index in [2.05, 4.69) is 13.0 Å². The number of benzene rings is 3. The van der Waals surface area contributed by atoms with Crippen molar-refractivity contribution in [2.45, 2.75) is 51.0 Å². The van der Waals surface area contributed by atoms with Gasteiger partial charge in [0.15, 0.2) is 0 Å². The number of hydrogen-bond donors (Lipinski definition) is 3. The average molecular weight is 535 g/mol. The fourth-order valence-corrected chi connectivity index (χ4v) is 7.09. The number of aliphatic carboxylic acids is 1. The number of carbonyl (C=O) groups is 1. The van der Waals surface area contributed by atoms with E-state index < -0.39 is 22.7 Å². The summed E-state index contributed by atoms with van der Waals surface area (Å²) in [5.41, 5.74) is 5.86. The number of nitrogens with zero attached hydrogens (tertiary/aromatic N) is 2. The first-order chi connectivity index (χ1) is 18.0. The maximum atomic E-state index is 11.8. The molecule has 38 heavy (non-hydrogen) atoms. The Kier molecular flexibility index (Phi) is 8.14. The van der Waals surface area contributed by atoms with E-state index in [0.717, 1.165) is 33.4 Å². The van der Waals surface area contributed by atoms with Crippen molar-refractivity contribution >= 4 is 16.7 Å². The summed E-state index contributed by atoms with van der Waals surface area (Å²) in [6.45, 7) is 6.77. The summed E-state index contributed by atoms with van der Waals surface area (Å²) in [6, 6.07) is 18.7. The van der Waals surface area contributed by atoms with E-state index in [4.69, 9.17) is 4.74 Å². The highest BCUT2D eigenvalue weighted by Crippen LogP contribution is 2.56. The highest BCUT2D eigenvalue weighted by atomic mass is 32.3. The van der Waals surface area contributed by atoms with Crippen molar-refractivity contribution in [3.63, 3.8) is 0 Å². The molecule has 0 bridgehead atoms. The minimum absolute atomic E-state index is 0.0968. The Balaban J connectivity index is 1.72. The van der Waals surface area contributed by atoms with E-state index in [0.29, 0.717) is 35.7 Å². The Hall–Kier alpha value is -3.35. The zero-order valence-corrected chi connectivity index (χ0v) is 23.0. The number of ether oxygens (including phenoxy) is 1. The molecule has 4 rings (SSSR count). The number of carboxylic acids is 1. The zero-order valence-electron chi connectivity index (χ0n) is 22.1. The largest absolute Gasteiger partial charge is 0.497 e. The van der Waals surface area contributed by atoms with E-state index in [9.17, 15) is 24.3 Å². The van der Waals surface area contributed by atoms with Gasteiger partial charge in [0.2, 0.25) is 0 Å². The highest BCUT2D eigenvalue weighted by molar-refractivity contribution is 8.22. The molecule has 0 aliphatic carbocycles. The first kappa shape index (κ1) is 27.7. The minimum Gasteiger partial charge on any atom is -0.497 e. The average Bonchev–Trinajstić information content (AvgIpc) is 2.96. The number of fused-ring (bicyclic) bond motifs is 1. The predicted octanol–water partition coefficient (Wildman–Crippen LogP) is 6.51. The molecule has 0 fully saturated rings. The van der Waals surface area contributed by atoms with Crippen molar-refractivity contribution in [3.8, 4) is 11.8 Å². The van der Waals surface area contributed by atoms with Gasteiger partial charge in [0.1, 0.15) is 5.75 Å². The molecule has 7 nitrogen and oxygen atoms in total. The topological polar surface area (TPSA) is 114 Å². The van der Waals surface area contributed by atoms with Crippen LogP contribution in [0.3, 0.4) is 0 Å². The molecule has 1 aliphatic heterocycles. The van der Waals surface area contributed by atoms with Gasteiger partial charge >= 0.3 is 5.97 Å². The lowest BCUT2D eigenvalue weighted by Gasteiger charge is -2.43. The van der Waals surface area contributed by atoms with Crippen LogP contribution in [0.15, 0.2) is 59.5 Å². The van der Waals surface area contributed by atoms with Gasteiger partial charge in [-0.3, -0.25) is 13.9 Å². The second kappa shape index (κ2) is 11.2. The number of hydrogen-bond acceptors (Lipinski definition) is 6. The summed E-state index contributed by atoms with van der Waals surface area (Å²) < 4.78 is 30.1. The van der Waals surface area contributed by atoms with Gasteiger partial charge in [0, 0.05) is 19.0 Å². The van der Waals surface area contributed by atoms with Crippen LogP contribution in [0.5, 0.6) is 5.75 Å². The second-order valence-corrected chi connectivity index (χ2v) is 12.1. The van der Waals surface area contributed by atoms with Crippen molar-refractivity contribution < 1.29 is 23.7 Å². The quantitative estimate of drug-likeness (QED) is 0.317. The molecule has 200 valence electrons. The smallest absolute Gasteiger partial charge is 0.304 e. The summed E-state index contributed by atoms with van der Waals surface area (Å²) >= 11 is 0. The number of nitriles is 1. The predicted molar refractivity (Wildman–Crippen MR) is 149 cm³/mol. The molecule has 0 amide bonds. The number of carboxylic acid groups (broad SMARTS) is 1. The van der Waals surface area contributed by atoms with Crippen molar-refractivity contribution in [1.29, 1.82) is 5.26 Å². The monoisotopic (exact) mass is 534 g/mol. The summed E-state index contributed by atoms with van der Waals surface area (Å²) in [7, 11) is -1.66. The molecule has 1 heterocycles. The van der Waals surface area contributed by atoms with Crippen molar-refractivity contribution in [1.82, 2.24) is 4.31 Å². The maximum absolute atomic E-state index is 11.8. The summed E-state index contributed by atoms with van der Waals surface area (Å²) in [6.07, 6.45) is 0.608. The van der Waals surface area contributed by atoms with Crippen LogP contribution in [-0.2, 0) is 17.8 Å². The zero-order chi connectivity index (χ0) is 27.6. The highest BCUT2D eigenvalue weighted by Gasteiger charge is 2.33. The normalized spacial score (nSPS) is 18.5. The fraction of sp³-hybridized carbons (Fsp3) is 0.333. The first-order valence-electron chi connectivity index (χ1n) is 12.6. The maximum Gasteiger partial charge on any atom is 0.304 e. The van der Waals surface area contributed by atoms with Crippen LogP contribution in [0.4, 0.5) is 0 Å². The van der Waals surface area contributed by atoms with Crippen molar-refractivity contribution in [3.05, 3.63) is 93.5 Å². The van der Waals surface area contributed by atoms with Crippen LogP contribution in [0, 0.1) is 31.1 Å². The van der Waals surface area contributed by atoms with Crippen LogP contribution in [0.25, 0.3) is 0 Å². The third-order valence-electron chi connectivity index (χ3n) is 7.28. The van der Waals surface area contributed by atoms with Crippen LogP contribution in [-0.4, -0.2) is 38.1 Å². The van der Waals surface area contributed by atoms with Gasteiger partial charge in [0.25, 0.3) is 0 Å². The van der Waals surface area contributed by atoms with E-state index in [1.807, 2.05) is 44.2 Å². The summed E-state index contributed by atoms with van der Waals surface area (Å²) in [5.74, 6) is -0.454. The van der Waals surface area contributed by atoms with Gasteiger partial charge < -0.3 is 9.84 Å². The Labute approximate surface area is 225 Å². The van der Waals surface area contributed by atoms with E-state index >= 15 is 0 Å². The molecule has 0 saturated heterocycles. The molecule has 0 aromatic heterocycles. The molecular formula is C30H34N2O5S. The Morgan fingerprint density at radius 3 is 2.55 bits per heavy atom. The third kappa shape index (κ3) is 5.71. The van der Waals surface area contributed by atoms with E-state index in [-0.39, 0.29) is 12.3 Å². The van der Waals surface area contributed by atoms with Gasteiger partial charge in [-0.1, -0.05) is 31.2 Å². The van der Waals surface area contributed by atoms with Gasteiger partial charge in [-0.05, 0) is 89.9 Å². The van der Waals surface area contributed by atoms with Crippen molar-refractivity contribution in [2.24, 2.45) is 5.92 Å². The first-order valence-corrected chi connectivity index (χ1v) is 14.1. The number of methoxy groups -OCH3 is 1. The van der Waals surface area contributed by atoms with Gasteiger partial charge in [0.05, 0.1) is 30.1 Å². The van der Waals surface area contributed by atoms with Crippen LogP contribution >= 0.6 is 10.8 Å². The molecule has 8 heteroatoms. The molecule has 2 atom stereocenters. The molecule has 0 spiro atoms. The summed E-state index contributed by atoms with van der Waals surface area (Å²) in [4.78, 5) is 12.4. The van der Waals surface area contributed by atoms with E-state index in [1.165, 1.54) is 0 Å². The second-order valence-electron chi connectivity index (χ2n) is 10.1. The van der Waals surface area contributed by atoms with E-state index in [1.54, 1.807) is 35.7 Å². The molecule has 3 aromatic carbocycles.